The Labute approximate surface area is 102 Å². The molecule has 0 aliphatic heterocycles. The number of benzene rings is 1. The lowest BCUT2D eigenvalue weighted by atomic mass is 9.83. The van der Waals surface area contributed by atoms with Gasteiger partial charge >= 0.3 is 0 Å². The van der Waals surface area contributed by atoms with E-state index >= 15 is 0 Å². The number of hydrogen-bond acceptors (Lipinski definition) is 1. The molecule has 0 bridgehead atoms. The van der Waals surface area contributed by atoms with Gasteiger partial charge in [0.15, 0.2) is 0 Å². The van der Waals surface area contributed by atoms with Crippen molar-refractivity contribution in [3.05, 3.63) is 53.3 Å². The van der Waals surface area contributed by atoms with E-state index in [1.807, 2.05) is 6.20 Å². The van der Waals surface area contributed by atoms with Crippen molar-refractivity contribution >= 4 is 0 Å². The Bertz CT molecular complexity index is 513. The van der Waals surface area contributed by atoms with Gasteiger partial charge < -0.3 is 0 Å². The molecule has 0 saturated heterocycles. The van der Waals surface area contributed by atoms with E-state index in [2.05, 4.69) is 47.0 Å². The number of fused-ring (bicyclic) bond motifs is 1. The molecule has 17 heavy (non-hydrogen) atoms. The molecule has 0 fully saturated rings. The van der Waals surface area contributed by atoms with Crippen LogP contribution in [0, 0.1) is 6.92 Å². The van der Waals surface area contributed by atoms with Gasteiger partial charge in [0.25, 0.3) is 0 Å². The van der Waals surface area contributed by atoms with E-state index in [1.54, 1.807) is 0 Å². The summed E-state index contributed by atoms with van der Waals surface area (Å²) in [6, 6.07) is 11.0. The molecule has 1 heterocycles. The first-order valence-corrected chi connectivity index (χ1v) is 6.41. The Balaban J connectivity index is 1.88. The summed E-state index contributed by atoms with van der Waals surface area (Å²) in [5.74, 6) is 0.638. The van der Waals surface area contributed by atoms with Gasteiger partial charge in [0, 0.05) is 24.4 Å². The molecule has 1 aliphatic rings. The Morgan fingerprint density at radius 3 is 3.00 bits per heavy atom. The predicted octanol–water partition coefficient (Wildman–Crippen LogP) is 3.31. The van der Waals surface area contributed by atoms with Gasteiger partial charge in [-0.1, -0.05) is 24.3 Å². The predicted molar refractivity (Wildman–Crippen MR) is 69.1 cm³/mol. The first-order valence-electron chi connectivity index (χ1n) is 6.41. The van der Waals surface area contributed by atoms with Gasteiger partial charge in [0.05, 0.1) is 0 Å². The number of aromatic nitrogens is 2. The summed E-state index contributed by atoms with van der Waals surface area (Å²) in [6.45, 7) is 3.15. The largest absolute Gasteiger partial charge is 0.269 e. The summed E-state index contributed by atoms with van der Waals surface area (Å²) < 4.78 is 2.13. The van der Waals surface area contributed by atoms with Crippen LogP contribution in [-0.4, -0.2) is 9.78 Å². The van der Waals surface area contributed by atoms with Crippen molar-refractivity contribution in [1.29, 1.82) is 0 Å². The van der Waals surface area contributed by atoms with Crippen molar-refractivity contribution in [2.45, 2.75) is 38.6 Å². The van der Waals surface area contributed by atoms with E-state index in [4.69, 9.17) is 0 Å². The minimum Gasteiger partial charge on any atom is -0.269 e. The first-order chi connectivity index (χ1) is 8.34. The molecular formula is C15H18N2. The summed E-state index contributed by atoms with van der Waals surface area (Å²) in [4.78, 5) is 0. The summed E-state index contributed by atoms with van der Waals surface area (Å²) >= 11 is 0. The lowest BCUT2D eigenvalue weighted by Gasteiger charge is -2.25. The van der Waals surface area contributed by atoms with Gasteiger partial charge in [-0.2, -0.15) is 5.10 Å². The van der Waals surface area contributed by atoms with E-state index in [1.165, 1.54) is 36.1 Å². The van der Waals surface area contributed by atoms with Gasteiger partial charge in [-0.05, 0) is 43.4 Å². The minimum atomic E-state index is 0.638. The van der Waals surface area contributed by atoms with Gasteiger partial charge in [-0.3, -0.25) is 4.68 Å². The highest BCUT2D eigenvalue weighted by Gasteiger charge is 2.20. The fourth-order valence-electron chi connectivity index (χ4n) is 2.84. The first kappa shape index (κ1) is 10.6. The maximum Gasteiger partial charge on any atom is 0.0492 e. The smallest absolute Gasteiger partial charge is 0.0492 e. The Morgan fingerprint density at radius 2 is 2.18 bits per heavy atom. The number of aryl methyl sites for hydroxylation is 2. The zero-order valence-electron chi connectivity index (χ0n) is 10.3. The Kier molecular flexibility index (Phi) is 2.71. The van der Waals surface area contributed by atoms with E-state index in [0.717, 1.165) is 6.54 Å². The van der Waals surface area contributed by atoms with E-state index in [-0.39, 0.29) is 0 Å². The minimum absolute atomic E-state index is 0.638. The monoisotopic (exact) mass is 226 g/mol. The lowest BCUT2D eigenvalue weighted by molar-refractivity contribution is 0.451. The summed E-state index contributed by atoms with van der Waals surface area (Å²) in [6.07, 6.45) is 5.73. The zero-order valence-corrected chi connectivity index (χ0v) is 10.3. The molecule has 2 heteroatoms. The number of rotatable bonds is 2. The SMILES string of the molecule is Cc1ccnn1CC1CCCc2ccccc21. The summed E-state index contributed by atoms with van der Waals surface area (Å²) in [5.41, 5.74) is 4.33. The van der Waals surface area contributed by atoms with Crippen LogP contribution in [0.2, 0.25) is 0 Å². The topological polar surface area (TPSA) is 17.8 Å². The van der Waals surface area contributed by atoms with E-state index in [0.29, 0.717) is 5.92 Å². The molecule has 2 nitrogen and oxygen atoms in total. The van der Waals surface area contributed by atoms with Crippen LogP contribution in [0.5, 0.6) is 0 Å². The fraction of sp³-hybridized carbons (Fsp3) is 0.400. The fourth-order valence-corrected chi connectivity index (χ4v) is 2.84. The molecule has 0 N–H and O–H groups in total. The molecule has 2 aromatic rings. The van der Waals surface area contributed by atoms with Crippen molar-refractivity contribution in [2.75, 3.05) is 0 Å². The molecule has 3 rings (SSSR count). The molecule has 0 amide bonds. The Morgan fingerprint density at radius 1 is 1.29 bits per heavy atom. The molecule has 1 unspecified atom stereocenters. The standard InChI is InChI=1S/C15H18N2/c1-12-9-10-16-17(12)11-14-7-4-6-13-5-2-3-8-15(13)14/h2-3,5,8-10,14H,4,6-7,11H2,1H3. The Hall–Kier alpha value is -1.57. The normalized spacial score (nSPS) is 19.0. The van der Waals surface area contributed by atoms with Crippen LogP contribution < -0.4 is 0 Å². The van der Waals surface area contributed by atoms with Crippen molar-refractivity contribution in [2.24, 2.45) is 0 Å². The number of hydrogen-bond donors (Lipinski definition) is 0. The van der Waals surface area contributed by atoms with Gasteiger partial charge in [0.2, 0.25) is 0 Å². The molecule has 1 atom stereocenters. The highest BCUT2D eigenvalue weighted by Crippen LogP contribution is 2.32. The van der Waals surface area contributed by atoms with Crippen molar-refractivity contribution in [3.8, 4) is 0 Å². The van der Waals surface area contributed by atoms with Crippen molar-refractivity contribution in [1.82, 2.24) is 9.78 Å². The molecule has 0 spiro atoms. The third-order valence-corrected chi connectivity index (χ3v) is 3.82. The van der Waals surface area contributed by atoms with Crippen LogP contribution in [0.4, 0.5) is 0 Å². The molecule has 0 saturated carbocycles. The van der Waals surface area contributed by atoms with Crippen LogP contribution in [0.15, 0.2) is 36.5 Å². The third-order valence-electron chi connectivity index (χ3n) is 3.82. The zero-order chi connectivity index (χ0) is 11.7. The second-order valence-corrected chi connectivity index (χ2v) is 4.94. The molecule has 1 aromatic carbocycles. The molecular weight excluding hydrogens is 208 g/mol. The summed E-state index contributed by atoms with van der Waals surface area (Å²) in [7, 11) is 0. The molecule has 1 aliphatic carbocycles. The number of nitrogens with zero attached hydrogens (tertiary/aromatic N) is 2. The quantitative estimate of drug-likeness (QED) is 0.768. The average Bonchev–Trinajstić information content (AvgIpc) is 2.76. The molecule has 88 valence electrons. The molecule has 0 radical (unpaired) electrons. The highest BCUT2D eigenvalue weighted by molar-refractivity contribution is 5.32. The lowest BCUT2D eigenvalue weighted by Crippen LogP contribution is -2.16. The van der Waals surface area contributed by atoms with Gasteiger partial charge in [-0.25, -0.2) is 0 Å². The van der Waals surface area contributed by atoms with Crippen LogP contribution >= 0.6 is 0 Å². The maximum atomic E-state index is 4.40. The third kappa shape index (κ3) is 1.99. The van der Waals surface area contributed by atoms with Gasteiger partial charge in [0.1, 0.15) is 0 Å². The van der Waals surface area contributed by atoms with Crippen molar-refractivity contribution < 1.29 is 0 Å². The highest BCUT2D eigenvalue weighted by atomic mass is 15.3. The van der Waals surface area contributed by atoms with Crippen molar-refractivity contribution in [3.63, 3.8) is 0 Å². The van der Waals surface area contributed by atoms with Crippen LogP contribution in [-0.2, 0) is 13.0 Å². The second kappa shape index (κ2) is 4.36. The van der Waals surface area contributed by atoms with Gasteiger partial charge in [-0.15, -0.1) is 0 Å². The maximum absolute atomic E-state index is 4.40. The van der Waals surface area contributed by atoms with Crippen LogP contribution in [0.1, 0.15) is 35.6 Å². The van der Waals surface area contributed by atoms with E-state index in [9.17, 15) is 0 Å². The van der Waals surface area contributed by atoms with Crippen LogP contribution in [0.25, 0.3) is 0 Å². The van der Waals surface area contributed by atoms with E-state index < -0.39 is 0 Å². The average molecular weight is 226 g/mol. The molecule has 1 aromatic heterocycles. The van der Waals surface area contributed by atoms with Crippen LogP contribution in [0.3, 0.4) is 0 Å². The summed E-state index contributed by atoms with van der Waals surface area (Å²) in [5, 5.41) is 4.40. The second-order valence-electron chi connectivity index (χ2n) is 4.94.